The number of amides is 2. The van der Waals surface area contributed by atoms with Crippen LogP contribution in [0.2, 0.25) is 0 Å². The third-order valence-corrected chi connectivity index (χ3v) is 13.9. The third-order valence-electron chi connectivity index (χ3n) is 13.9. The lowest BCUT2D eigenvalue weighted by Gasteiger charge is -2.67. The van der Waals surface area contributed by atoms with E-state index in [0.29, 0.717) is 12.0 Å². The lowest BCUT2D eigenvalue weighted by molar-refractivity contribution is -0.345. The van der Waals surface area contributed by atoms with Crippen molar-refractivity contribution in [2.45, 2.75) is 115 Å². The van der Waals surface area contributed by atoms with E-state index in [4.69, 9.17) is 23.7 Å². The van der Waals surface area contributed by atoms with Crippen LogP contribution < -0.4 is 10.6 Å². The molecule has 16 heteroatoms. The summed E-state index contributed by atoms with van der Waals surface area (Å²) in [5.41, 5.74) is -7.17. The van der Waals surface area contributed by atoms with Gasteiger partial charge in [-0.15, -0.1) is 0 Å². The number of rotatable bonds is 12. The number of carbonyl (C=O) groups excluding carboxylic acids is 6. The number of ketones is 1. The number of nitrogens with one attached hydrogen (secondary N) is 2. The number of aliphatic hydroxyl groups excluding tert-OH is 2. The summed E-state index contributed by atoms with van der Waals surface area (Å²) in [6.07, 6.45) is -11.2. The van der Waals surface area contributed by atoms with E-state index in [1.165, 1.54) is 26.0 Å². The number of Topliss-reactive ketones (excluding diaryl/α,β-unsaturated/α-hetero) is 1. The van der Waals surface area contributed by atoms with Crippen molar-refractivity contribution >= 4 is 35.7 Å². The Balaban J connectivity index is 1.40. The van der Waals surface area contributed by atoms with E-state index in [1.807, 2.05) is 6.92 Å². The van der Waals surface area contributed by atoms with Crippen molar-refractivity contribution in [3.05, 3.63) is 119 Å². The Bertz CT molecular complexity index is 2340. The van der Waals surface area contributed by atoms with Crippen molar-refractivity contribution < 1.29 is 67.8 Å². The average molecular weight is 897 g/mol. The largest absolute Gasteiger partial charge is 0.456 e. The van der Waals surface area contributed by atoms with E-state index in [0.717, 1.165) is 6.92 Å². The normalized spacial score (nSPS) is 30.9. The first-order valence-corrected chi connectivity index (χ1v) is 21.8. The number of aliphatic hydroxyl groups is 3. The lowest BCUT2D eigenvalue weighted by atomic mass is 9.44. The smallest absolute Gasteiger partial charge is 0.408 e. The fraction of sp³-hybridized carbons (Fsp3) is 0.469. The van der Waals surface area contributed by atoms with Gasteiger partial charge in [0.1, 0.15) is 23.9 Å². The van der Waals surface area contributed by atoms with Gasteiger partial charge in [0.2, 0.25) is 0 Å². The molecule has 7 rings (SSSR count). The van der Waals surface area contributed by atoms with Gasteiger partial charge in [-0.2, -0.15) is 0 Å². The Morgan fingerprint density at radius 1 is 0.877 bits per heavy atom. The van der Waals surface area contributed by atoms with E-state index >= 15 is 4.79 Å². The third kappa shape index (κ3) is 8.21. The maximum absolute atomic E-state index is 15.7. The second kappa shape index (κ2) is 18.1. The number of alkyl carbamates (subject to hydrolysis) is 1. The van der Waals surface area contributed by atoms with Gasteiger partial charge in [0.25, 0.3) is 5.91 Å². The van der Waals surface area contributed by atoms with Crippen LogP contribution in [0.4, 0.5) is 4.79 Å². The van der Waals surface area contributed by atoms with Gasteiger partial charge in [0.15, 0.2) is 23.6 Å². The van der Waals surface area contributed by atoms with Gasteiger partial charge in [-0.05, 0) is 61.2 Å². The molecule has 2 saturated carbocycles. The van der Waals surface area contributed by atoms with Crippen LogP contribution in [0.1, 0.15) is 93.1 Å². The first-order chi connectivity index (χ1) is 30.8. The summed E-state index contributed by atoms with van der Waals surface area (Å²) in [5, 5.41) is 43.2. The molecule has 65 heavy (non-hydrogen) atoms. The molecule has 3 aromatic rings. The van der Waals surface area contributed by atoms with Crippen LogP contribution in [0, 0.1) is 16.7 Å². The quantitative estimate of drug-likeness (QED) is 0.0969. The van der Waals surface area contributed by atoms with Gasteiger partial charge in [0, 0.05) is 37.3 Å². The van der Waals surface area contributed by atoms with Crippen molar-refractivity contribution in [3.63, 3.8) is 0 Å². The number of benzene rings is 3. The molecular weight excluding hydrogens is 841 g/mol. The van der Waals surface area contributed by atoms with Crippen LogP contribution in [-0.2, 0) is 38.1 Å². The first-order valence-electron chi connectivity index (χ1n) is 21.8. The number of carbonyl (C=O) groups is 6. The number of ether oxygens (including phenoxy) is 5. The minimum atomic E-state index is -2.42. The van der Waals surface area contributed by atoms with E-state index in [2.05, 4.69) is 10.6 Å². The SMILES string of the molecule is CCCNC(=O)O[C@H]1C(=O)[C@@]2(C)[C@H]([C@H](OC(=O)c3ccccc3)[C@]3(O)C[C@H](OC(=O)[C@H](O)[C@@H](NC(=O)c4ccccc4)c4ccccc4)C(C)=C1C3(C)C)[C@]1(OC(C)=O)CO[C@@H]1C[C@@H]2O. The van der Waals surface area contributed by atoms with Crippen molar-refractivity contribution in [1.82, 2.24) is 10.6 Å². The Kier molecular flexibility index (Phi) is 13.1. The summed E-state index contributed by atoms with van der Waals surface area (Å²) >= 11 is 0. The summed E-state index contributed by atoms with van der Waals surface area (Å²) < 4.78 is 30.6. The van der Waals surface area contributed by atoms with E-state index in [9.17, 15) is 39.3 Å². The summed E-state index contributed by atoms with van der Waals surface area (Å²) in [7, 11) is 0. The zero-order valence-corrected chi connectivity index (χ0v) is 37.1. The summed E-state index contributed by atoms with van der Waals surface area (Å²) in [5.74, 6) is -6.00. The van der Waals surface area contributed by atoms with Crippen molar-refractivity contribution in [2.75, 3.05) is 13.2 Å². The molecule has 11 atom stereocenters. The van der Waals surface area contributed by atoms with E-state index in [1.54, 1.807) is 92.7 Å². The molecule has 1 heterocycles. The molecule has 0 radical (unpaired) electrons. The molecular formula is C49H56N2O14. The second-order valence-corrected chi connectivity index (χ2v) is 18.1. The fourth-order valence-electron chi connectivity index (χ4n) is 10.4. The average Bonchev–Trinajstić information content (AvgIpc) is 3.28. The van der Waals surface area contributed by atoms with Crippen LogP contribution in [0.3, 0.4) is 0 Å². The number of esters is 3. The van der Waals surface area contributed by atoms with Gasteiger partial charge in [-0.1, -0.05) is 87.5 Å². The molecule has 2 amide bonds. The molecule has 16 nitrogen and oxygen atoms in total. The number of hydrogen-bond acceptors (Lipinski definition) is 14. The molecule has 1 saturated heterocycles. The number of fused-ring (bicyclic) bond motifs is 5. The van der Waals surface area contributed by atoms with Crippen LogP contribution in [0.15, 0.2) is 102 Å². The fourth-order valence-corrected chi connectivity index (χ4v) is 10.4. The monoisotopic (exact) mass is 896 g/mol. The van der Waals surface area contributed by atoms with Crippen LogP contribution in [0.25, 0.3) is 0 Å². The van der Waals surface area contributed by atoms with Gasteiger partial charge in [-0.3, -0.25) is 14.4 Å². The highest BCUT2D eigenvalue weighted by Crippen LogP contribution is 2.64. The summed E-state index contributed by atoms with van der Waals surface area (Å²) in [6, 6.07) is 23.0. The Morgan fingerprint density at radius 3 is 2.05 bits per heavy atom. The number of hydrogen-bond donors (Lipinski definition) is 5. The highest BCUT2D eigenvalue weighted by molar-refractivity contribution is 5.96. The van der Waals surface area contributed by atoms with Crippen molar-refractivity contribution in [3.8, 4) is 0 Å². The van der Waals surface area contributed by atoms with Crippen molar-refractivity contribution in [1.29, 1.82) is 0 Å². The molecule has 0 aromatic heterocycles. The molecule has 3 aliphatic carbocycles. The molecule has 5 N–H and O–H groups in total. The van der Waals surface area contributed by atoms with Gasteiger partial charge < -0.3 is 49.6 Å². The van der Waals surface area contributed by atoms with Crippen LogP contribution in [-0.4, -0.2) is 112 Å². The van der Waals surface area contributed by atoms with Gasteiger partial charge in [-0.25, -0.2) is 14.4 Å². The zero-order chi connectivity index (χ0) is 47.1. The first kappa shape index (κ1) is 47.0. The highest BCUT2D eigenvalue weighted by atomic mass is 16.6. The van der Waals surface area contributed by atoms with Gasteiger partial charge >= 0.3 is 24.0 Å². The second-order valence-electron chi connectivity index (χ2n) is 18.1. The summed E-state index contributed by atoms with van der Waals surface area (Å²) in [6.45, 7) is 8.88. The molecule has 346 valence electrons. The van der Waals surface area contributed by atoms with Gasteiger partial charge in [0.05, 0.1) is 35.6 Å². The lowest BCUT2D eigenvalue weighted by Crippen LogP contribution is -2.82. The Hall–Kier alpha value is -5.94. The predicted octanol–water partition coefficient (Wildman–Crippen LogP) is 4.31. The van der Waals surface area contributed by atoms with Crippen LogP contribution >= 0.6 is 0 Å². The summed E-state index contributed by atoms with van der Waals surface area (Å²) in [4.78, 5) is 84.7. The maximum atomic E-state index is 15.7. The predicted molar refractivity (Wildman–Crippen MR) is 231 cm³/mol. The minimum absolute atomic E-state index is 0.0201. The van der Waals surface area contributed by atoms with Crippen LogP contribution in [0.5, 0.6) is 0 Å². The molecule has 0 spiro atoms. The minimum Gasteiger partial charge on any atom is -0.456 e. The molecule has 3 fully saturated rings. The topological polar surface area (TPSA) is 233 Å². The van der Waals surface area contributed by atoms with Crippen molar-refractivity contribution in [2.24, 2.45) is 16.7 Å². The zero-order valence-electron chi connectivity index (χ0n) is 37.1. The molecule has 0 unspecified atom stereocenters. The standard InChI is InChI=1S/C49H56N2O14/c1-7-23-50-45(59)63-38-35-27(2)32(62-44(58)37(54)36(29-17-11-8-12-18-29)51-42(56)30-19-13-9-14-20-30)25-49(60,46(35,4)5)41(64-43(57)31-21-15-10-16-22-31)39-47(6,40(38)55)33(53)24-34-48(39,26-61-34)65-28(3)52/h8-22,32-34,36-39,41,53-54,60H,7,23-26H2,1-6H3,(H,50,59)(H,51,56)/t32-,33-,34+,36-,37+,38+,39-,41-,47+,48-,49+/m0/s1. The Labute approximate surface area is 376 Å². The molecule has 4 aliphatic rings. The molecule has 1 aliphatic heterocycles. The van der Waals surface area contributed by atoms with E-state index in [-0.39, 0.29) is 41.8 Å². The highest BCUT2D eigenvalue weighted by Gasteiger charge is 2.78. The molecule has 3 aromatic carbocycles. The molecule has 2 bridgehead atoms. The van der Waals surface area contributed by atoms with E-state index < -0.39 is 113 Å². The Morgan fingerprint density at radius 2 is 1.48 bits per heavy atom. The maximum Gasteiger partial charge on any atom is 0.408 e.